The van der Waals surface area contributed by atoms with E-state index in [1.54, 1.807) is 0 Å². The summed E-state index contributed by atoms with van der Waals surface area (Å²) in [6, 6.07) is 11.3. The van der Waals surface area contributed by atoms with E-state index in [4.69, 9.17) is 0 Å². The number of hydrogen-bond donors (Lipinski definition) is 1. The number of nitrogens with one attached hydrogen (secondary N) is 1. The van der Waals surface area contributed by atoms with Gasteiger partial charge in [0.15, 0.2) is 0 Å². The standard InChI is InChI=1S/C15H13Br2NO/c1-9-3-4-11(7-10(9)2)15(19)18-14-6-5-12(16)8-13(14)17/h3-8H,1-2H3,(H,18,19). The molecule has 0 aliphatic rings. The average Bonchev–Trinajstić information content (AvgIpc) is 2.36. The molecule has 0 heterocycles. The lowest BCUT2D eigenvalue weighted by atomic mass is 10.1. The highest BCUT2D eigenvalue weighted by Gasteiger charge is 2.09. The fourth-order valence-electron chi connectivity index (χ4n) is 1.67. The molecule has 98 valence electrons. The molecule has 19 heavy (non-hydrogen) atoms. The number of aryl methyl sites for hydroxylation is 2. The lowest BCUT2D eigenvalue weighted by Crippen LogP contribution is -2.12. The lowest BCUT2D eigenvalue weighted by Gasteiger charge is -2.09. The SMILES string of the molecule is Cc1ccc(C(=O)Nc2ccc(Br)cc2Br)cc1C. The van der Waals surface area contributed by atoms with Crippen molar-refractivity contribution in [3.05, 3.63) is 62.0 Å². The quantitative estimate of drug-likeness (QED) is 0.770. The van der Waals surface area contributed by atoms with E-state index >= 15 is 0 Å². The molecule has 0 unspecified atom stereocenters. The third kappa shape index (κ3) is 3.45. The van der Waals surface area contributed by atoms with Crippen LogP contribution in [0, 0.1) is 13.8 Å². The number of amides is 1. The summed E-state index contributed by atoms with van der Waals surface area (Å²) in [4.78, 5) is 12.2. The van der Waals surface area contributed by atoms with E-state index in [1.165, 1.54) is 5.56 Å². The van der Waals surface area contributed by atoms with E-state index in [2.05, 4.69) is 37.2 Å². The molecule has 2 nitrogen and oxygen atoms in total. The van der Waals surface area contributed by atoms with Crippen molar-refractivity contribution in [3.8, 4) is 0 Å². The van der Waals surface area contributed by atoms with E-state index in [0.29, 0.717) is 5.56 Å². The Morgan fingerprint density at radius 2 is 1.74 bits per heavy atom. The van der Waals surface area contributed by atoms with Crippen LogP contribution in [0.3, 0.4) is 0 Å². The van der Waals surface area contributed by atoms with E-state index in [9.17, 15) is 4.79 Å². The average molecular weight is 383 g/mol. The summed E-state index contributed by atoms with van der Waals surface area (Å²) in [6.45, 7) is 4.03. The molecule has 0 atom stereocenters. The second-order valence-electron chi connectivity index (χ2n) is 4.38. The fourth-order valence-corrected chi connectivity index (χ4v) is 2.81. The molecule has 0 aliphatic carbocycles. The van der Waals surface area contributed by atoms with Crippen molar-refractivity contribution >= 4 is 43.5 Å². The molecule has 0 saturated carbocycles. The van der Waals surface area contributed by atoms with Crippen LogP contribution < -0.4 is 5.32 Å². The van der Waals surface area contributed by atoms with Gasteiger partial charge in [0.25, 0.3) is 5.91 Å². The number of hydrogen-bond acceptors (Lipinski definition) is 1. The minimum atomic E-state index is -0.105. The number of halogens is 2. The van der Waals surface area contributed by atoms with Gasteiger partial charge in [0, 0.05) is 14.5 Å². The van der Waals surface area contributed by atoms with Crippen LogP contribution >= 0.6 is 31.9 Å². The maximum atomic E-state index is 12.2. The molecular weight excluding hydrogens is 370 g/mol. The smallest absolute Gasteiger partial charge is 0.255 e. The molecule has 0 aromatic heterocycles. The van der Waals surface area contributed by atoms with E-state index in [1.807, 2.05) is 50.2 Å². The van der Waals surface area contributed by atoms with Gasteiger partial charge in [-0.05, 0) is 71.2 Å². The van der Waals surface area contributed by atoms with Crippen molar-refractivity contribution in [2.24, 2.45) is 0 Å². The summed E-state index contributed by atoms with van der Waals surface area (Å²) in [5, 5.41) is 2.89. The Kier molecular flexibility index (Phi) is 4.42. The Bertz CT molecular complexity index is 638. The van der Waals surface area contributed by atoms with Gasteiger partial charge in [-0.15, -0.1) is 0 Å². The minimum absolute atomic E-state index is 0.105. The zero-order valence-corrected chi connectivity index (χ0v) is 13.8. The van der Waals surface area contributed by atoms with Crippen LogP contribution in [0.4, 0.5) is 5.69 Å². The van der Waals surface area contributed by atoms with E-state index in [-0.39, 0.29) is 5.91 Å². The summed E-state index contributed by atoms with van der Waals surface area (Å²) in [6.07, 6.45) is 0. The molecule has 0 spiro atoms. The number of benzene rings is 2. The topological polar surface area (TPSA) is 29.1 Å². The highest BCUT2D eigenvalue weighted by atomic mass is 79.9. The van der Waals surface area contributed by atoms with Crippen molar-refractivity contribution in [2.75, 3.05) is 5.32 Å². The third-order valence-corrected chi connectivity index (χ3v) is 4.10. The van der Waals surface area contributed by atoms with Crippen LogP contribution in [0.5, 0.6) is 0 Å². The predicted molar refractivity (Wildman–Crippen MR) is 85.7 cm³/mol. The monoisotopic (exact) mass is 381 g/mol. The molecule has 1 N–H and O–H groups in total. The van der Waals surface area contributed by atoms with Crippen molar-refractivity contribution in [3.63, 3.8) is 0 Å². The third-order valence-electron chi connectivity index (χ3n) is 2.95. The minimum Gasteiger partial charge on any atom is -0.321 e. The van der Waals surface area contributed by atoms with Gasteiger partial charge >= 0.3 is 0 Å². The molecule has 0 bridgehead atoms. The summed E-state index contributed by atoms with van der Waals surface area (Å²) in [7, 11) is 0. The molecule has 2 aromatic carbocycles. The van der Waals surface area contributed by atoms with Crippen molar-refractivity contribution in [1.82, 2.24) is 0 Å². The Labute approximate surface area is 129 Å². The van der Waals surface area contributed by atoms with Crippen molar-refractivity contribution < 1.29 is 4.79 Å². The van der Waals surface area contributed by atoms with Gasteiger partial charge in [-0.25, -0.2) is 0 Å². The number of carbonyl (C=O) groups excluding carboxylic acids is 1. The molecule has 1 amide bonds. The summed E-state index contributed by atoms with van der Waals surface area (Å²) in [5.74, 6) is -0.105. The van der Waals surface area contributed by atoms with Gasteiger partial charge in [0.2, 0.25) is 0 Å². The Balaban J connectivity index is 2.23. The first-order valence-electron chi connectivity index (χ1n) is 5.81. The largest absolute Gasteiger partial charge is 0.321 e. The number of rotatable bonds is 2. The maximum absolute atomic E-state index is 12.2. The normalized spacial score (nSPS) is 10.3. The molecule has 4 heteroatoms. The molecule has 2 rings (SSSR count). The highest BCUT2D eigenvalue weighted by molar-refractivity contribution is 9.11. The first-order valence-corrected chi connectivity index (χ1v) is 7.39. The van der Waals surface area contributed by atoms with Gasteiger partial charge < -0.3 is 5.32 Å². The van der Waals surface area contributed by atoms with Crippen LogP contribution in [-0.4, -0.2) is 5.91 Å². The van der Waals surface area contributed by atoms with Gasteiger partial charge in [-0.3, -0.25) is 4.79 Å². The predicted octanol–water partition coefficient (Wildman–Crippen LogP) is 5.08. The van der Waals surface area contributed by atoms with Crippen molar-refractivity contribution in [2.45, 2.75) is 13.8 Å². The molecular formula is C15H13Br2NO. The van der Waals surface area contributed by atoms with Gasteiger partial charge in [0.05, 0.1) is 5.69 Å². The van der Waals surface area contributed by atoms with Gasteiger partial charge in [-0.2, -0.15) is 0 Å². The summed E-state index contributed by atoms with van der Waals surface area (Å²) in [5.41, 5.74) is 3.72. The van der Waals surface area contributed by atoms with Crippen LogP contribution in [0.1, 0.15) is 21.5 Å². The maximum Gasteiger partial charge on any atom is 0.255 e. The lowest BCUT2D eigenvalue weighted by molar-refractivity contribution is 0.102. The summed E-state index contributed by atoms with van der Waals surface area (Å²) >= 11 is 6.81. The molecule has 0 saturated heterocycles. The first-order chi connectivity index (χ1) is 8.97. The van der Waals surface area contributed by atoms with Gasteiger partial charge in [0.1, 0.15) is 0 Å². The van der Waals surface area contributed by atoms with Crippen molar-refractivity contribution in [1.29, 1.82) is 0 Å². The van der Waals surface area contributed by atoms with Crippen LogP contribution in [0.15, 0.2) is 45.3 Å². The molecule has 0 radical (unpaired) electrons. The van der Waals surface area contributed by atoms with Crippen LogP contribution in [0.25, 0.3) is 0 Å². The number of carbonyl (C=O) groups is 1. The number of anilines is 1. The Morgan fingerprint density at radius 1 is 1.00 bits per heavy atom. The zero-order valence-electron chi connectivity index (χ0n) is 10.6. The Morgan fingerprint density at radius 3 is 2.37 bits per heavy atom. The van der Waals surface area contributed by atoms with Crippen LogP contribution in [0.2, 0.25) is 0 Å². The van der Waals surface area contributed by atoms with Gasteiger partial charge in [-0.1, -0.05) is 22.0 Å². The summed E-state index contributed by atoms with van der Waals surface area (Å²) < 4.78 is 1.81. The molecule has 0 aliphatic heterocycles. The second kappa shape index (κ2) is 5.88. The molecule has 0 fully saturated rings. The Hall–Kier alpha value is -1.13. The van der Waals surface area contributed by atoms with Crippen LogP contribution in [-0.2, 0) is 0 Å². The fraction of sp³-hybridized carbons (Fsp3) is 0.133. The first kappa shape index (κ1) is 14.3. The van der Waals surface area contributed by atoms with E-state index < -0.39 is 0 Å². The van der Waals surface area contributed by atoms with E-state index in [0.717, 1.165) is 20.2 Å². The zero-order chi connectivity index (χ0) is 14.0. The molecule has 2 aromatic rings. The second-order valence-corrected chi connectivity index (χ2v) is 6.15. The highest BCUT2D eigenvalue weighted by Crippen LogP contribution is 2.26.